The van der Waals surface area contributed by atoms with Crippen molar-refractivity contribution >= 4 is 0 Å². The van der Waals surface area contributed by atoms with E-state index in [4.69, 9.17) is 0 Å². The van der Waals surface area contributed by atoms with E-state index in [9.17, 15) is 0 Å². The maximum atomic E-state index is 4.45. The van der Waals surface area contributed by atoms with Gasteiger partial charge in [0.05, 0.1) is 11.9 Å². The average Bonchev–Trinajstić information content (AvgIpc) is 2.88. The number of benzene rings is 1. The molecule has 0 saturated carbocycles. The van der Waals surface area contributed by atoms with Crippen molar-refractivity contribution < 1.29 is 0 Å². The van der Waals surface area contributed by atoms with E-state index < -0.39 is 0 Å². The van der Waals surface area contributed by atoms with Gasteiger partial charge in [-0.1, -0.05) is 39.0 Å². The first-order valence-corrected chi connectivity index (χ1v) is 7.24. The summed E-state index contributed by atoms with van der Waals surface area (Å²) in [4.78, 5) is 0. The van der Waals surface area contributed by atoms with Gasteiger partial charge in [-0.15, -0.1) is 0 Å². The first-order chi connectivity index (χ1) is 9.38. The van der Waals surface area contributed by atoms with Crippen LogP contribution in [0.3, 0.4) is 0 Å². The van der Waals surface area contributed by atoms with Gasteiger partial charge >= 0.3 is 0 Å². The minimum atomic E-state index is 0.254. The molecule has 2 atom stereocenters. The second kappa shape index (κ2) is 5.80. The van der Waals surface area contributed by atoms with Crippen LogP contribution in [0, 0.1) is 5.41 Å². The van der Waals surface area contributed by atoms with E-state index in [-0.39, 0.29) is 5.41 Å². The molecular weight excluding hydrogens is 246 g/mol. The topological polar surface area (TPSA) is 29.9 Å². The fraction of sp³-hybridized carbons (Fsp3) is 0.471. The van der Waals surface area contributed by atoms with Crippen molar-refractivity contribution in [1.29, 1.82) is 0 Å². The molecule has 20 heavy (non-hydrogen) atoms. The van der Waals surface area contributed by atoms with Crippen molar-refractivity contribution in [2.75, 3.05) is 0 Å². The Bertz CT molecular complexity index is 537. The lowest BCUT2D eigenvalue weighted by Gasteiger charge is -2.30. The fourth-order valence-corrected chi connectivity index (χ4v) is 2.00. The van der Waals surface area contributed by atoms with E-state index in [0.717, 1.165) is 5.69 Å². The summed E-state index contributed by atoms with van der Waals surface area (Å²) in [5.74, 6) is 0. The van der Waals surface area contributed by atoms with Crippen molar-refractivity contribution in [2.45, 2.75) is 46.7 Å². The van der Waals surface area contributed by atoms with E-state index in [2.05, 4.69) is 63.4 Å². The molecule has 0 aliphatic carbocycles. The smallest absolute Gasteiger partial charge is 0.0645 e. The van der Waals surface area contributed by atoms with Crippen LogP contribution in [-0.4, -0.2) is 15.8 Å². The Morgan fingerprint density at radius 1 is 1.10 bits per heavy atom. The zero-order chi connectivity index (χ0) is 14.8. The minimum Gasteiger partial charge on any atom is -0.307 e. The molecule has 2 unspecified atom stereocenters. The van der Waals surface area contributed by atoms with Gasteiger partial charge in [-0.25, -0.2) is 4.68 Å². The van der Waals surface area contributed by atoms with E-state index in [1.807, 2.05) is 29.1 Å². The third kappa shape index (κ3) is 3.48. The molecule has 0 spiro atoms. The molecule has 3 heteroatoms. The number of nitrogens with one attached hydrogen (secondary N) is 1. The minimum absolute atomic E-state index is 0.254. The molecule has 0 aliphatic heterocycles. The van der Waals surface area contributed by atoms with Crippen molar-refractivity contribution in [1.82, 2.24) is 15.1 Å². The first-order valence-electron chi connectivity index (χ1n) is 7.24. The molecule has 0 aliphatic rings. The predicted octanol–water partition coefficient (Wildman–Crippen LogP) is 3.96. The molecule has 2 aromatic rings. The predicted molar refractivity (Wildman–Crippen MR) is 84.0 cm³/mol. The molecular formula is C17H25N3. The average molecular weight is 271 g/mol. The van der Waals surface area contributed by atoms with E-state index in [1.165, 1.54) is 5.56 Å². The Morgan fingerprint density at radius 3 is 2.35 bits per heavy atom. The summed E-state index contributed by atoms with van der Waals surface area (Å²) < 4.78 is 1.93. The third-order valence-corrected chi connectivity index (χ3v) is 3.92. The quantitative estimate of drug-likeness (QED) is 0.912. The third-order valence-electron chi connectivity index (χ3n) is 3.92. The van der Waals surface area contributed by atoms with Crippen LogP contribution in [-0.2, 0) is 0 Å². The van der Waals surface area contributed by atoms with Gasteiger partial charge in [0.25, 0.3) is 0 Å². The molecule has 0 bridgehead atoms. The number of hydrogen-bond acceptors (Lipinski definition) is 2. The second-order valence-electron chi connectivity index (χ2n) is 6.53. The van der Waals surface area contributed by atoms with E-state index in [0.29, 0.717) is 12.1 Å². The zero-order valence-corrected chi connectivity index (χ0v) is 13.1. The fourth-order valence-electron chi connectivity index (χ4n) is 2.00. The molecule has 108 valence electrons. The second-order valence-corrected chi connectivity index (χ2v) is 6.53. The van der Waals surface area contributed by atoms with Gasteiger partial charge in [0, 0.05) is 23.8 Å². The zero-order valence-electron chi connectivity index (χ0n) is 13.1. The van der Waals surface area contributed by atoms with Crippen LogP contribution >= 0.6 is 0 Å². The molecule has 3 nitrogen and oxygen atoms in total. The van der Waals surface area contributed by atoms with Gasteiger partial charge in [-0.3, -0.25) is 0 Å². The van der Waals surface area contributed by atoms with Gasteiger partial charge in [-0.2, -0.15) is 5.10 Å². The highest BCUT2D eigenvalue weighted by atomic mass is 15.3. The molecule has 0 fully saturated rings. The van der Waals surface area contributed by atoms with Crippen LogP contribution in [0.1, 0.15) is 46.2 Å². The summed E-state index contributed by atoms with van der Waals surface area (Å²) in [5.41, 5.74) is 2.56. The summed E-state index contributed by atoms with van der Waals surface area (Å²) in [6, 6.07) is 10.9. The number of rotatable bonds is 4. The Kier molecular flexibility index (Phi) is 4.29. The maximum absolute atomic E-state index is 4.45. The molecule has 1 aromatic carbocycles. The summed E-state index contributed by atoms with van der Waals surface area (Å²) in [5, 5.41) is 8.10. The lowest BCUT2D eigenvalue weighted by atomic mass is 9.87. The van der Waals surface area contributed by atoms with Gasteiger partial charge in [-0.05, 0) is 31.4 Å². The van der Waals surface area contributed by atoms with Crippen molar-refractivity contribution in [3.8, 4) is 5.69 Å². The Labute approximate surface area is 122 Å². The van der Waals surface area contributed by atoms with Crippen LogP contribution < -0.4 is 5.32 Å². The highest BCUT2D eigenvalue weighted by Gasteiger charge is 2.22. The molecule has 0 radical (unpaired) electrons. The van der Waals surface area contributed by atoms with Crippen molar-refractivity contribution in [2.24, 2.45) is 5.41 Å². The Hall–Kier alpha value is -1.61. The molecule has 1 N–H and O–H groups in total. The number of hydrogen-bond donors (Lipinski definition) is 1. The molecule has 0 amide bonds. The summed E-state index contributed by atoms with van der Waals surface area (Å²) >= 11 is 0. The van der Waals surface area contributed by atoms with Gasteiger partial charge in [0.2, 0.25) is 0 Å². The molecule has 1 heterocycles. The highest BCUT2D eigenvalue weighted by molar-refractivity contribution is 5.31. The normalized spacial score (nSPS) is 15.1. The highest BCUT2D eigenvalue weighted by Crippen LogP contribution is 2.22. The van der Waals surface area contributed by atoms with Crippen LogP contribution in [0.5, 0.6) is 0 Å². The summed E-state index contributed by atoms with van der Waals surface area (Å²) in [7, 11) is 0. The standard InChI is InChI=1S/C17H25N3/c1-13(19-14(2)17(3,4)5)15-11-18-20(12-15)16-9-7-6-8-10-16/h6-14,19H,1-5H3. The maximum Gasteiger partial charge on any atom is 0.0645 e. The lowest BCUT2D eigenvalue weighted by molar-refractivity contribution is 0.268. The van der Waals surface area contributed by atoms with Crippen molar-refractivity contribution in [3.63, 3.8) is 0 Å². The van der Waals surface area contributed by atoms with E-state index in [1.54, 1.807) is 0 Å². The summed E-state index contributed by atoms with van der Waals surface area (Å²) in [6.45, 7) is 11.2. The van der Waals surface area contributed by atoms with Crippen LogP contribution in [0.2, 0.25) is 0 Å². The SMILES string of the molecule is CC(NC(C)C(C)(C)C)c1cnn(-c2ccccc2)c1. The molecule has 1 aromatic heterocycles. The first kappa shape index (κ1) is 14.8. The number of aromatic nitrogens is 2. The van der Waals surface area contributed by atoms with Crippen molar-refractivity contribution in [3.05, 3.63) is 48.3 Å². The molecule has 0 saturated heterocycles. The van der Waals surface area contributed by atoms with Gasteiger partial charge < -0.3 is 5.32 Å². The lowest BCUT2D eigenvalue weighted by Crippen LogP contribution is -2.38. The van der Waals surface area contributed by atoms with Gasteiger partial charge in [0.1, 0.15) is 0 Å². The monoisotopic (exact) mass is 271 g/mol. The van der Waals surface area contributed by atoms with Crippen LogP contribution in [0.25, 0.3) is 5.69 Å². The number of para-hydroxylation sites is 1. The Morgan fingerprint density at radius 2 is 1.75 bits per heavy atom. The van der Waals surface area contributed by atoms with Gasteiger partial charge in [0.15, 0.2) is 0 Å². The number of nitrogens with zero attached hydrogens (tertiary/aromatic N) is 2. The molecule has 2 rings (SSSR count). The summed E-state index contributed by atoms with van der Waals surface area (Å²) in [6.07, 6.45) is 4.04. The largest absolute Gasteiger partial charge is 0.307 e. The van der Waals surface area contributed by atoms with E-state index >= 15 is 0 Å². The van der Waals surface area contributed by atoms with Crippen LogP contribution in [0.4, 0.5) is 0 Å². The van der Waals surface area contributed by atoms with Crippen LogP contribution in [0.15, 0.2) is 42.7 Å². The Balaban J connectivity index is 2.09.